The number of ketones is 2. The fourth-order valence-corrected chi connectivity index (χ4v) is 3.17. The third-order valence-corrected chi connectivity index (χ3v) is 5.01. The number of allylic oxidation sites excluding steroid dienone is 1. The van der Waals surface area contributed by atoms with Gasteiger partial charge in [-0.25, -0.2) is 0 Å². The highest BCUT2D eigenvalue weighted by Crippen LogP contribution is 2.32. The number of esters is 1. The molecule has 0 saturated carbocycles. The van der Waals surface area contributed by atoms with Crippen LogP contribution in [0.15, 0.2) is 71.4 Å². The first kappa shape index (κ1) is 23.5. The summed E-state index contributed by atoms with van der Waals surface area (Å²) in [6.45, 7) is -0.347. The maximum Gasteiger partial charge on any atom is 0.306 e. The van der Waals surface area contributed by atoms with E-state index in [0.717, 1.165) is 0 Å². The Morgan fingerprint density at radius 2 is 1.69 bits per heavy atom. The zero-order valence-electron chi connectivity index (χ0n) is 18.5. The van der Waals surface area contributed by atoms with Crippen LogP contribution in [0.4, 0.5) is 5.69 Å². The Balaban J connectivity index is 1.18. The lowest BCUT2D eigenvalue weighted by atomic mass is 10.1. The molecule has 0 unspecified atom stereocenters. The molecule has 1 aromatic heterocycles. The second-order valence-corrected chi connectivity index (χ2v) is 7.49. The molecule has 1 aliphatic heterocycles. The molecule has 1 N–H and O–H groups in total. The highest BCUT2D eigenvalue weighted by Gasteiger charge is 2.17. The normalized spacial score (nSPS) is 11.9. The molecule has 0 atom stereocenters. The number of carbonyl (C=O) groups is 4. The van der Waals surface area contributed by atoms with Crippen molar-refractivity contribution >= 4 is 35.2 Å². The third kappa shape index (κ3) is 6.44. The minimum atomic E-state index is -0.668. The summed E-state index contributed by atoms with van der Waals surface area (Å²) < 4.78 is 20.5. The highest BCUT2D eigenvalue weighted by atomic mass is 16.7. The van der Waals surface area contributed by atoms with Gasteiger partial charge in [-0.1, -0.05) is 0 Å². The van der Waals surface area contributed by atoms with Crippen LogP contribution < -0.4 is 14.8 Å². The van der Waals surface area contributed by atoms with Crippen molar-refractivity contribution in [2.75, 3.05) is 18.7 Å². The molecule has 9 nitrogen and oxygen atoms in total. The lowest BCUT2D eigenvalue weighted by Crippen LogP contribution is -2.17. The molecule has 9 heteroatoms. The molecule has 2 heterocycles. The summed E-state index contributed by atoms with van der Waals surface area (Å²) in [5.41, 5.74) is 1.26. The summed E-state index contributed by atoms with van der Waals surface area (Å²) in [5.74, 6) is -0.0984. The van der Waals surface area contributed by atoms with E-state index in [-0.39, 0.29) is 25.4 Å². The van der Waals surface area contributed by atoms with Crippen molar-refractivity contribution in [3.8, 4) is 11.5 Å². The predicted molar refractivity (Wildman–Crippen MR) is 124 cm³/mol. The van der Waals surface area contributed by atoms with Gasteiger partial charge in [0.05, 0.1) is 12.7 Å². The van der Waals surface area contributed by atoms with E-state index in [0.29, 0.717) is 34.1 Å². The van der Waals surface area contributed by atoms with Crippen LogP contribution in [0.2, 0.25) is 0 Å². The van der Waals surface area contributed by atoms with E-state index in [2.05, 4.69) is 5.32 Å². The summed E-state index contributed by atoms with van der Waals surface area (Å²) in [6.07, 6.45) is 4.18. The Morgan fingerprint density at radius 3 is 2.46 bits per heavy atom. The molecule has 0 aliphatic carbocycles. The molecule has 2 aromatic carbocycles. The number of furan rings is 1. The maximum atomic E-state index is 12.2. The van der Waals surface area contributed by atoms with Crippen LogP contribution in [-0.2, 0) is 14.3 Å². The first-order chi connectivity index (χ1) is 17.0. The van der Waals surface area contributed by atoms with Crippen LogP contribution in [0.3, 0.4) is 0 Å². The van der Waals surface area contributed by atoms with Crippen molar-refractivity contribution in [3.05, 3.63) is 83.8 Å². The number of Topliss-reactive ketones (excluding diaryl/α,β-unsaturated/α-hetero) is 1. The molecule has 1 amide bonds. The maximum absolute atomic E-state index is 12.2. The minimum Gasteiger partial charge on any atom is -0.465 e. The summed E-state index contributed by atoms with van der Waals surface area (Å²) >= 11 is 0. The Morgan fingerprint density at radius 1 is 0.914 bits per heavy atom. The van der Waals surface area contributed by atoms with E-state index in [4.69, 9.17) is 18.6 Å². The number of hydrogen-bond donors (Lipinski definition) is 1. The topological polar surface area (TPSA) is 121 Å². The standard InChI is InChI=1S/C26H21NO8/c28-21(9-8-20-2-1-13-32-20)17-3-6-19(7-4-17)27-25(30)11-12-26(31)33-15-22(29)18-5-10-23-24(14-18)35-16-34-23/h1-10,13-14H,11-12,15-16H2,(H,27,30)/b9-8+. The van der Waals surface area contributed by atoms with Gasteiger partial charge < -0.3 is 23.9 Å². The third-order valence-electron chi connectivity index (χ3n) is 5.01. The molecule has 0 fully saturated rings. The van der Waals surface area contributed by atoms with Crippen molar-refractivity contribution in [2.24, 2.45) is 0 Å². The van der Waals surface area contributed by atoms with Crippen molar-refractivity contribution in [1.29, 1.82) is 0 Å². The molecule has 0 spiro atoms. The van der Waals surface area contributed by atoms with E-state index in [1.54, 1.807) is 54.6 Å². The molecule has 0 bridgehead atoms. The fourth-order valence-electron chi connectivity index (χ4n) is 3.17. The minimum absolute atomic E-state index is 0.0934. The first-order valence-corrected chi connectivity index (χ1v) is 10.7. The SMILES string of the molecule is O=C(CCC(=O)OCC(=O)c1ccc2c(c1)OCO2)Nc1ccc(C(=O)/C=C/c2ccco2)cc1. The van der Waals surface area contributed by atoms with Crippen molar-refractivity contribution < 1.29 is 37.8 Å². The van der Waals surface area contributed by atoms with Gasteiger partial charge in [0, 0.05) is 23.2 Å². The van der Waals surface area contributed by atoms with E-state index >= 15 is 0 Å². The Labute approximate surface area is 200 Å². The lowest BCUT2D eigenvalue weighted by Gasteiger charge is -2.07. The van der Waals surface area contributed by atoms with E-state index < -0.39 is 24.3 Å². The van der Waals surface area contributed by atoms with Crippen LogP contribution in [0, 0.1) is 0 Å². The summed E-state index contributed by atoms with van der Waals surface area (Å²) in [4.78, 5) is 48.5. The Bertz CT molecular complexity index is 1260. The average Bonchev–Trinajstić information content (AvgIpc) is 3.56. The molecule has 3 aromatic rings. The van der Waals surface area contributed by atoms with Gasteiger partial charge in [-0.3, -0.25) is 19.2 Å². The smallest absolute Gasteiger partial charge is 0.306 e. The number of carbonyl (C=O) groups excluding carboxylic acids is 4. The summed E-state index contributed by atoms with van der Waals surface area (Å²) in [5, 5.41) is 2.65. The number of rotatable bonds is 10. The van der Waals surface area contributed by atoms with Gasteiger partial charge in [0.2, 0.25) is 12.7 Å². The zero-order valence-corrected chi connectivity index (χ0v) is 18.5. The van der Waals surface area contributed by atoms with Gasteiger partial charge in [0.25, 0.3) is 0 Å². The van der Waals surface area contributed by atoms with Crippen LogP contribution in [0.25, 0.3) is 6.08 Å². The van der Waals surface area contributed by atoms with Gasteiger partial charge in [-0.15, -0.1) is 0 Å². The largest absolute Gasteiger partial charge is 0.465 e. The zero-order chi connectivity index (χ0) is 24.6. The summed E-state index contributed by atoms with van der Waals surface area (Å²) in [6, 6.07) is 14.5. The molecule has 4 rings (SSSR count). The quantitative estimate of drug-likeness (QED) is 0.265. The molecule has 35 heavy (non-hydrogen) atoms. The predicted octanol–water partition coefficient (Wildman–Crippen LogP) is 4.05. The monoisotopic (exact) mass is 475 g/mol. The van der Waals surface area contributed by atoms with Crippen LogP contribution in [0.5, 0.6) is 11.5 Å². The van der Waals surface area contributed by atoms with Crippen molar-refractivity contribution in [1.82, 2.24) is 0 Å². The van der Waals surface area contributed by atoms with Crippen molar-refractivity contribution in [2.45, 2.75) is 12.8 Å². The van der Waals surface area contributed by atoms with Crippen LogP contribution in [-0.4, -0.2) is 36.8 Å². The van der Waals surface area contributed by atoms with Crippen molar-refractivity contribution in [3.63, 3.8) is 0 Å². The number of nitrogens with one attached hydrogen (secondary N) is 1. The Kier molecular flexibility index (Phi) is 7.37. The number of ether oxygens (including phenoxy) is 3. The molecule has 178 valence electrons. The van der Waals surface area contributed by atoms with Gasteiger partial charge in [0.1, 0.15) is 5.76 Å². The Hall–Kier alpha value is -4.66. The second kappa shape index (κ2) is 11.0. The van der Waals surface area contributed by atoms with E-state index in [9.17, 15) is 19.2 Å². The molecule has 1 aliphatic rings. The number of benzene rings is 2. The first-order valence-electron chi connectivity index (χ1n) is 10.7. The number of fused-ring (bicyclic) bond motifs is 1. The lowest BCUT2D eigenvalue weighted by molar-refractivity contribution is -0.143. The highest BCUT2D eigenvalue weighted by molar-refractivity contribution is 6.07. The molecule has 0 saturated heterocycles. The number of hydrogen-bond acceptors (Lipinski definition) is 8. The van der Waals surface area contributed by atoms with E-state index in [1.807, 2.05) is 0 Å². The number of amides is 1. The molecule has 0 radical (unpaired) electrons. The number of anilines is 1. The van der Waals surface area contributed by atoms with Gasteiger partial charge in [0.15, 0.2) is 29.7 Å². The molecular formula is C26H21NO8. The van der Waals surface area contributed by atoms with Gasteiger partial charge in [-0.2, -0.15) is 0 Å². The second-order valence-electron chi connectivity index (χ2n) is 7.49. The average molecular weight is 475 g/mol. The molecular weight excluding hydrogens is 454 g/mol. The van der Waals surface area contributed by atoms with Gasteiger partial charge in [-0.05, 0) is 66.7 Å². The van der Waals surface area contributed by atoms with Gasteiger partial charge >= 0.3 is 5.97 Å². The van der Waals surface area contributed by atoms with E-state index in [1.165, 1.54) is 18.4 Å². The van der Waals surface area contributed by atoms with Crippen LogP contribution >= 0.6 is 0 Å². The summed E-state index contributed by atoms with van der Waals surface area (Å²) in [7, 11) is 0. The fraction of sp³-hybridized carbons (Fsp3) is 0.154. The van der Waals surface area contributed by atoms with Crippen LogP contribution in [0.1, 0.15) is 39.3 Å².